The molecule has 0 saturated heterocycles. The highest BCUT2D eigenvalue weighted by Gasteiger charge is 2.41. The van der Waals surface area contributed by atoms with E-state index in [-0.39, 0.29) is 5.28 Å². The third-order valence-electron chi connectivity index (χ3n) is 4.24. The van der Waals surface area contributed by atoms with E-state index in [0.29, 0.717) is 5.65 Å². The normalized spacial score (nSPS) is 19.3. The molecule has 2 aliphatic carbocycles. The molecule has 2 fully saturated rings. The number of H-pyrrole nitrogens is 1. The number of hydrogen-bond acceptors (Lipinski definition) is 4. The Morgan fingerprint density at radius 1 is 1.26 bits per heavy atom. The van der Waals surface area contributed by atoms with E-state index in [2.05, 4.69) is 25.5 Å². The third-order valence-corrected chi connectivity index (χ3v) is 4.41. The SMILES string of the molecule is Clc1nc(NCC(C2CC2)C2CC2)c2cn[nH]c2n1. The quantitative estimate of drug-likeness (QED) is 0.825. The zero-order chi connectivity index (χ0) is 12.8. The summed E-state index contributed by atoms with van der Waals surface area (Å²) in [7, 11) is 0. The molecular weight excluding hydrogens is 262 g/mol. The molecule has 4 rings (SSSR count). The van der Waals surface area contributed by atoms with E-state index in [1.54, 1.807) is 6.20 Å². The van der Waals surface area contributed by atoms with Crippen LogP contribution in [0, 0.1) is 17.8 Å². The van der Waals surface area contributed by atoms with Gasteiger partial charge in [-0.05, 0) is 55.0 Å². The molecule has 0 radical (unpaired) electrons. The van der Waals surface area contributed by atoms with Crippen LogP contribution in [0.1, 0.15) is 25.7 Å². The van der Waals surface area contributed by atoms with Crippen LogP contribution in [0.3, 0.4) is 0 Å². The van der Waals surface area contributed by atoms with E-state index in [0.717, 1.165) is 35.5 Å². The molecule has 6 heteroatoms. The van der Waals surface area contributed by atoms with E-state index in [4.69, 9.17) is 11.6 Å². The summed E-state index contributed by atoms with van der Waals surface area (Å²) < 4.78 is 0. The smallest absolute Gasteiger partial charge is 0.226 e. The molecule has 0 aromatic carbocycles. The lowest BCUT2D eigenvalue weighted by Crippen LogP contribution is -2.19. The maximum absolute atomic E-state index is 5.94. The van der Waals surface area contributed by atoms with Crippen molar-refractivity contribution in [2.45, 2.75) is 25.7 Å². The molecule has 0 bridgehead atoms. The summed E-state index contributed by atoms with van der Waals surface area (Å²) in [5, 5.41) is 11.5. The zero-order valence-electron chi connectivity index (χ0n) is 10.6. The standard InChI is InChI=1S/C13H16ClN5/c14-13-17-11(10-6-16-19-12(10)18-13)15-5-9(7-1-2-7)8-3-4-8/h6-9H,1-5H2,(H2,15,16,17,18,19). The first-order valence-corrected chi connectivity index (χ1v) is 7.29. The molecule has 5 nitrogen and oxygen atoms in total. The van der Waals surface area contributed by atoms with Crippen LogP contribution in [-0.2, 0) is 0 Å². The molecule has 0 unspecified atom stereocenters. The fourth-order valence-electron chi connectivity index (χ4n) is 2.92. The average molecular weight is 278 g/mol. The summed E-state index contributed by atoms with van der Waals surface area (Å²) in [5.41, 5.74) is 0.692. The van der Waals surface area contributed by atoms with Crippen molar-refractivity contribution in [1.29, 1.82) is 0 Å². The summed E-state index contributed by atoms with van der Waals surface area (Å²) in [6.07, 6.45) is 7.34. The second-order valence-corrected chi connectivity index (χ2v) is 6.03. The lowest BCUT2D eigenvalue weighted by atomic mass is 9.98. The Labute approximate surface area is 116 Å². The number of halogens is 1. The number of nitrogens with zero attached hydrogens (tertiary/aromatic N) is 3. The van der Waals surface area contributed by atoms with Gasteiger partial charge in [0, 0.05) is 6.54 Å². The minimum absolute atomic E-state index is 0.258. The highest BCUT2D eigenvalue weighted by atomic mass is 35.5. The van der Waals surface area contributed by atoms with Crippen molar-refractivity contribution in [1.82, 2.24) is 20.2 Å². The van der Waals surface area contributed by atoms with Gasteiger partial charge in [0.2, 0.25) is 5.28 Å². The molecule has 2 saturated carbocycles. The summed E-state index contributed by atoms with van der Waals surface area (Å²) in [6, 6.07) is 0. The molecule has 2 heterocycles. The first-order chi connectivity index (χ1) is 9.31. The highest BCUT2D eigenvalue weighted by Crippen LogP contribution is 2.49. The molecule has 0 spiro atoms. The number of aromatic amines is 1. The molecule has 0 atom stereocenters. The van der Waals surface area contributed by atoms with Crippen molar-refractivity contribution >= 4 is 28.5 Å². The largest absolute Gasteiger partial charge is 0.369 e. The van der Waals surface area contributed by atoms with Gasteiger partial charge in [-0.2, -0.15) is 15.1 Å². The van der Waals surface area contributed by atoms with Gasteiger partial charge in [-0.1, -0.05) is 0 Å². The monoisotopic (exact) mass is 277 g/mol. The number of aromatic nitrogens is 4. The molecule has 100 valence electrons. The summed E-state index contributed by atoms with van der Waals surface area (Å²) >= 11 is 5.94. The van der Waals surface area contributed by atoms with E-state index >= 15 is 0 Å². The maximum atomic E-state index is 5.94. The van der Waals surface area contributed by atoms with Crippen LogP contribution >= 0.6 is 11.6 Å². The van der Waals surface area contributed by atoms with Gasteiger partial charge in [0.25, 0.3) is 0 Å². The van der Waals surface area contributed by atoms with Gasteiger partial charge in [-0.25, -0.2) is 0 Å². The van der Waals surface area contributed by atoms with E-state index in [9.17, 15) is 0 Å². The van der Waals surface area contributed by atoms with Gasteiger partial charge in [0.15, 0.2) is 5.65 Å². The van der Waals surface area contributed by atoms with Crippen LogP contribution in [0.2, 0.25) is 5.28 Å². The molecule has 2 aromatic heterocycles. The number of nitrogens with one attached hydrogen (secondary N) is 2. The Bertz CT molecular complexity index is 590. The van der Waals surface area contributed by atoms with Gasteiger partial charge < -0.3 is 5.32 Å². The molecular formula is C13H16ClN5. The van der Waals surface area contributed by atoms with Crippen LogP contribution in [0.25, 0.3) is 11.0 Å². The number of anilines is 1. The van der Waals surface area contributed by atoms with Crippen molar-refractivity contribution in [3.8, 4) is 0 Å². The van der Waals surface area contributed by atoms with Gasteiger partial charge >= 0.3 is 0 Å². The minimum Gasteiger partial charge on any atom is -0.369 e. The third kappa shape index (κ3) is 2.27. The Morgan fingerprint density at radius 2 is 2.00 bits per heavy atom. The molecule has 19 heavy (non-hydrogen) atoms. The topological polar surface area (TPSA) is 66.5 Å². The van der Waals surface area contributed by atoms with Crippen LogP contribution in [0.4, 0.5) is 5.82 Å². The fraction of sp³-hybridized carbons (Fsp3) is 0.615. The van der Waals surface area contributed by atoms with Gasteiger partial charge in [-0.3, -0.25) is 5.10 Å². The Hall–Kier alpha value is -1.36. The lowest BCUT2D eigenvalue weighted by Gasteiger charge is -2.16. The van der Waals surface area contributed by atoms with Crippen molar-refractivity contribution in [2.24, 2.45) is 17.8 Å². The van der Waals surface area contributed by atoms with Gasteiger partial charge in [0.1, 0.15) is 5.82 Å². The number of hydrogen-bond donors (Lipinski definition) is 2. The molecule has 0 aliphatic heterocycles. The minimum atomic E-state index is 0.258. The summed E-state index contributed by atoms with van der Waals surface area (Å²) in [5.74, 6) is 3.46. The maximum Gasteiger partial charge on any atom is 0.226 e. The predicted molar refractivity (Wildman–Crippen MR) is 74.1 cm³/mol. The lowest BCUT2D eigenvalue weighted by molar-refractivity contribution is 0.428. The first-order valence-electron chi connectivity index (χ1n) is 6.92. The van der Waals surface area contributed by atoms with Crippen LogP contribution in [-0.4, -0.2) is 26.7 Å². The molecule has 2 aliphatic rings. The predicted octanol–water partition coefficient (Wildman–Crippen LogP) is 2.85. The van der Waals surface area contributed by atoms with Crippen LogP contribution < -0.4 is 5.32 Å². The van der Waals surface area contributed by atoms with Crippen molar-refractivity contribution in [2.75, 3.05) is 11.9 Å². The second-order valence-electron chi connectivity index (χ2n) is 5.69. The molecule has 2 aromatic rings. The zero-order valence-corrected chi connectivity index (χ0v) is 11.3. The fourth-order valence-corrected chi connectivity index (χ4v) is 3.09. The molecule has 2 N–H and O–H groups in total. The Kier molecular flexibility index (Phi) is 2.62. The Morgan fingerprint density at radius 3 is 2.68 bits per heavy atom. The first kappa shape index (κ1) is 11.5. The average Bonchev–Trinajstić information content (AvgIpc) is 3.30. The Balaban J connectivity index is 1.55. The van der Waals surface area contributed by atoms with E-state index < -0.39 is 0 Å². The van der Waals surface area contributed by atoms with E-state index in [1.165, 1.54) is 25.7 Å². The second kappa shape index (κ2) is 4.34. The van der Waals surface area contributed by atoms with Crippen molar-refractivity contribution in [3.05, 3.63) is 11.5 Å². The van der Waals surface area contributed by atoms with E-state index in [1.807, 2.05) is 0 Å². The molecule has 0 amide bonds. The summed E-state index contributed by atoms with van der Waals surface area (Å²) in [6.45, 7) is 0.989. The summed E-state index contributed by atoms with van der Waals surface area (Å²) in [4.78, 5) is 8.40. The van der Waals surface area contributed by atoms with Crippen molar-refractivity contribution in [3.63, 3.8) is 0 Å². The van der Waals surface area contributed by atoms with Crippen LogP contribution in [0.5, 0.6) is 0 Å². The van der Waals surface area contributed by atoms with Crippen LogP contribution in [0.15, 0.2) is 6.20 Å². The highest BCUT2D eigenvalue weighted by molar-refractivity contribution is 6.28. The van der Waals surface area contributed by atoms with Gasteiger partial charge in [-0.15, -0.1) is 0 Å². The van der Waals surface area contributed by atoms with Gasteiger partial charge in [0.05, 0.1) is 11.6 Å². The van der Waals surface area contributed by atoms with Crippen molar-refractivity contribution < 1.29 is 0 Å². The number of rotatable bonds is 5. The number of fused-ring (bicyclic) bond motifs is 1.